The van der Waals surface area contributed by atoms with Crippen LogP contribution in [0.1, 0.15) is 90.3 Å². The van der Waals surface area contributed by atoms with E-state index in [2.05, 4.69) is 50.0 Å². The summed E-state index contributed by atoms with van der Waals surface area (Å²) in [7, 11) is 1.91. The number of hydrazone groups is 1. The van der Waals surface area contributed by atoms with Crippen LogP contribution in [0.25, 0.3) is 0 Å². The van der Waals surface area contributed by atoms with Crippen molar-refractivity contribution in [3.63, 3.8) is 0 Å². The zero-order valence-corrected chi connectivity index (χ0v) is 32.6. The Labute approximate surface area is 331 Å². The number of amides is 4. The first kappa shape index (κ1) is 39.4. The molecule has 2 saturated heterocycles. The van der Waals surface area contributed by atoms with Crippen LogP contribution in [-0.4, -0.2) is 98.8 Å². The second-order valence-corrected chi connectivity index (χ2v) is 15.6. The van der Waals surface area contributed by atoms with Crippen LogP contribution in [-0.2, 0) is 51.1 Å². The lowest BCUT2D eigenvalue weighted by Crippen LogP contribution is -2.49. The first-order chi connectivity index (χ1) is 27.6. The molecule has 0 radical (unpaired) electrons. The third kappa shape index (κ3) is 9.11. The summed E-state index contributed by atoms with van der Waals surface area (Å²) in [5, 5.41) is 25.2. The van der Waals surface area contributed by atoms with E-state index in [4.69, 9.17) is 9.72 Å². The van der Waals surface area contributed by atoms with Crippen molar-refractivity contribution in [3.8, 4) is 6.07 Å². The molecule has 298 valence electrons. The van der Waals surface area contributed by atoms with Crippen LogP contribution in [0.4, 0.5) is 11.6 Å². The lowest BCUT2D eigenvalue weighted by atomic mass is 9.75. The number of nitrogens with one attached hydrogen (secondary N) is 2. The second-order valence-electron chi connectivity index (χ2n) is 15.6. The van der Waals surface area contributed by atoms with Gasteiger partial charge in [0.1, 0.15) is 23.8 Å². The molecule has 2 fully saturated rings. The number of nitriles is 1. The Hall–Kier alpha value is -5.79. The Morgan fingerprint density at radius 1 is 1.12 bits per heavy atom. The van der Waals surface area contributed by atoms with Crippen LogP contribution >= 0.6 is 0 Å². The van der Waals surface area contributed by atoms with Gasteiger partial charge in [-0.25, -0.2) is 10.4 Å². The number of benzene rings is 1. The van der Waals surface area contributed by atoms with Gasteiger partial charge in [0.2, 0.25) is 5.91 Å². The van der Waals surface area contributed by atoms with Gasteiger partial charge >= 0.3 is 0 Å². The summed E-state index contributed by atoms with van der Waals surface area (Å²) >= 11 is 0. The molecule has 0 unspecified atom stereocenters. The predicted octanol–water partition coefficient (Wildman–Crippen LogP) is 3.37. The van der Waals surface area contributed by atoms with Crippen LogP contribution in [0, 0.1) is 17.2 Å². The number of likely N-dealkylation sites (tertiary alicyclic amines) is 1. The van der Waals surface area contributed by atoms with Crippen molar-refractivity contribution in [2.75, 3.05) is 49.6 Å². The fourth-order valence-electron chi connectivity index (χ4n) is 7.98. The van der Waals surface area contributed by atoms with Crippen LogP contribution in [0.2, 0.25) is 0 Å². The molecule has 0 bridgehead atoms. The first-order valence-electron chi connectivity index (χ1n) is 19.7. The van der Waals surface area contributed by atoms with Crippen LogP contribution < -0.4 is 15.6 Å². The molecule has 6 heterocycles. The Bertz CT molecular complexity index is 2100. The molecular weight excluding hydrogens is 727 g/mol. The predicted molar refractivity (Wildman–Crippen MR) is 211 cm³/mol. The number of rotatable bonds is 17. The minimum Gasteiger partial charge on any atom is -0.379 e. The molecule has 3 aromatic rings. The summed E-state index contributed by atoms with van der Waals surface area (Å²) in [6.07, 6.45) is 11.2. The van der Waals surface area contributed by atoms with Gasteiger partial charge in [-0.1, -0.05) is 13.3 Å². The maximum absolute atomic E-state index is 14.4. The van der Waals surface area contributed by atoms with E-state index in [1.807, 2.05) is 29.8 Å². The number of carbonyl (C=O) groups excluding carboxylic acids is 4. The van der Waals surface area contributed by atoms with E-state index in [0.29, 0.717) is 88.1 Å². The number of aromatic nitrogens is 4. The third-order valence-corrected chi connectivity index (χ3v) is 11.2. The summed E-state index contributed by atoms with van der Waals surface area (Å²) < 4.78 is 7.67. The average Bonchev–Trinajstić information content (AvgIpc) is 3.84. The quantitative estimate of drug-likeness (QED) is 0.0885. The number of piperidine rings is 1. The number of pyridine rings is 1. The zero-order valence-electron chi connectivity index (χ0n) is 32.6. The highest BCUT2D eigenvalue weighted by Crippen LogP contribution is 2.39. The molecule has 2 N–H and O–H groups in total. The van der Waals surface area contributed by atoms with E-state index in [9.17, 15) is 24.4 Å². The maximum Gasteiger partial charge on any atom is 0.260 e. The van der Waals surface area contributed by atoms with Crippen molar-refractivity contribution >= 4 is 41.5 Å². The topological polar surface area (TPSA) is 191 Å². The minimum atomic E-state index is -0.405. The summed E-state index contributed by atoms with van der Waals surface area (Å²) in [4.78, 5) is 60.9. The van der Waals surface area contributed by atoms with E-state index in [0.717, 1.165) is 47.6 Å². The number of carbonyl (C=O) groups is 4. The lowest BCUT2D eigenvalue weighted by Gasteiger charge is -2.42. The molecule has 2 aromatic heterocycles. The van der Waals surface area contributed by atoms with Gasteiger partial charge in [-0.2, -0.15) is 10.4 Å². The number of fused-ring (bicyclic) bond motifs is 1. The van der Waals surface area contributed by atoms with Crippen LogP contribution in [0.3, 0.4) is 0 Å². The molecule has 57 heavy (non-hydrogen) atoms. The summed E-state index contributed by atoms with van der Waals surface area (Å²) in [6.45, 7) is 6.84. The first-order valence-corrected chi connectivity index (χ1v) is 19.7. The van der Waals surface area contributed by atoms with Gasteiger partial charge in [0.05, 0.1) is 38.5 Å². The normalized spacial score (nSPS) is 19.0. The van der Waals surface area contributed by atoms with Gasteiger partial charge in [0.25, 0.3) is 17.7 Å². The van der Waals surface area contributed by atoms with Crippen LogP contribution in [0.15, 0.2) is 47.8 Å². The molecular formula is C41H49N11O5. The smallest absolute Gasteiger partial charge is 0.260 e. The molecule has 16 nitrogen and oxygen atoms in total. The lowest BCUT2D eigenvalue weighted by molar-refractivity contribution is -0.137. The van der Waals surface area contributed by atoms with Crippen LogP contribution in [0.5, 0.6) is 0 Å². The van der Waals surface area contributed by atoms with E-state index in [1.165, 1.54) is 23.5 Å². The molecule has 1 atom stereocenters. The molecule has 16 heteroatoms. The molecule has 0 saturated carbocycles. The number of hydrogen-bond acceptors (Lipinski definition) is 12. The van der Waals surface area contributed by atoms with Gasteiger partial charge < -0.3 is 14.6 Å². The number of hydrogen-bond donors (Lipinski definition) is 2. The van der Waals surface area contributed by atoms with Gasteiger partial charge in [-0.05, 0) is 79.1 Å². The Morgan fingerprint density at radius 3 is 2.67 bits per heavy atom. The van der Waals surface area contributed by atoms with Gasteiger partial charge in [0, 0.05) is 74.8 Å². The number of imide groups is 1. The molecule has 4 aliphatic rings. The second kappa shape index (κ2) is 17.6. The number of anilines is 2. The van der Waals surface area contributed by atoms with Crippen molar-refractivity contribution in [1.82, 2.24) is 35.0 Å². The Morgan fingerprint density at radius 2 is 1.95 bits per heavy atom. The van der Waals surface area contributed by atoms with E-state index in [-0.39, 0.29) is 36.6 Å². The summed E-state index contributed by atoms with van der Waals surface area (Å²) in [5.41, 5.74) is 6.29. The average molecular weight is 776 g/mol. The Balaban J connectivity index is 1.11. The monoisotopic (exact) mass is 775 g/mol. The van der Waals surface area contributed by atoms with Crippen molar-refractivity contribution < 1.29 is 23.9 Å². The van der Waals surface area contributed by atoms with Crippen molar-refractivity contribution in [3.05, 3.63) is 76.4 Å². The molecule has 1 aromatic carbocycles. The largest absolute Gasteiger partial charge is 0.379 e. The number of aryl methyl sites for hydroxylation is 1. The summed E-state index contributed by atoms with van der Waals surface area (Å²) in [5.74, 6) is 1.42. The fourth-order valence-corrected chi connectivity index (χ4v) is 7.98. The van der Waals surface area contributed by atoms with E-state index >= 15 is 0 Å². The molecule has 4 aliphatic heterocycles. The number of unbranched alkanes of at least 4 members (excludes halogenated alkanes) is 2. The molecule has 4 amide bonds. The van der Waals surface area contributed by atoms with Crippen molar-refractivity contribution in [1.29, 1.82) is 5.26 Å². The summed E-state index contributed by atoms with van der Waals surface area (Å²) in [6, 6.07) is 10.1. The molecule has 7 rings (SSSR count). The van der Waals surface area contributed by atoms with E-state index < -0.39 is 5.41 Å². The fraction of sp³-hybridized carbons (Fsp3) is 0.488. The SMILES string of the molecule is C[C@H]1CCCN(Cc2cc(C=NNC(=O)CCCCCN3C(=O)C=CC3=O)c3c(c2)C(=O)N(c2cc(C4(Cc5nncn5C)COC4)cc(NCCC#N)n2)C3)C1. The Kier molecular flexibility index (Phi) is 12.2. The van der Waals surface area contributed by atoms with E-state index in [1.54, 1.807) is 17.4 Å². The standard InChI is InChI=1S/C41H49N11O5/c1-28-8-6-14-50(22-28)23-29-16-30(21-44-48-37(53)9-4-3-5-15-51-38(54)10-11-39(51)55)33-24-52(40(56)32(33)17-29)35-19-31(18-34(46-35)43-13-7-12-42)41(25-57-26-41)20-36-47-45-27-49(36)2/h10-11,16-19,21,27-28H,3-9,13-15,20,22-26H2,1-2H3,(H,43,46)(H,48,53)/t28-/m0/s1. The van der Waals surface area contributed by atoms with Crippen molar-refractivity contribution in [2.45, 2.75) is 76.8 Å². The van der Waals surface area contributed by atoms with Gasteiger partial charge in [-0.15, -0.1) is 10.2 Å². The molecule has 0 spiro atoms. The zero-order chi connectivity index (χ0) is 39.9. The van der Waals surface area contributed by atoms with Crippen molar-refractivity contribution in [2.24, 2.45) is 18.1 Å². The number of nitrogens with zero attached hydrogens (tertiary/aromatic N) is 9. The van der Waals surface area contributed by atoms with Gasteiger partial charge in [0.15, 0.2) is 0 Å². The number of ether oxygens (including phenoxy) is 1. The minimum absolute atomic E-state index is 0.175. The van der Waals surface area contributed by atoms with Gasteiger partial charge in [-0.3, -0.25) is 33.9 Å². The highest BCUT2D eigenvalue weighted by molar-refractivity contribution is 6.13. The highest BCUT2D eigenvalue weighted by Gasteiger charge is 2.43. The molecule has 0 aliphatic carbocycles. The maximum atomic E-state index is 14.4. The third-order valence-electron chi connectivity index (χ3n) is 11.2. The highest BCUT2D eigenvalue weighted by atomic mass is 16.5.